The van der Waals surface area contributed by atoms with E-state index >= 15 is 0 Å². The maximum absolute atomic E-state index is 5.27. The van der Waals surface area contributed by atoms with Gasteiger partial charge in [-0.3, -0.25) is 4.98 Å². The molecule has 1 aromatic carbocycles. The van der Waals surface area contributed by atoms with E-state index in [-0.39, 0.29) is 0 Å². The van der Waals surface area contributed by atoms with Gasteiger partial charge in [-0.1, -0.05) is 12.1 Å². The zero-order valence-corrected chi connectivity index (χ0v) is 11.5. The van der Waals surface area contributed by atoms with Gasteiger partial charge in [0.25, 0.3) is 0 Å². The van der Waals surface area contributed by atoms with Crippen molar-refractivity contribution >= 4 is 40.5 Å². The van der Waals surface area contributed by atoms with Crippen LogP contribution in [0.1, 0.15) is 0 Å². The normalized spacial score (nSPS) is 9.83. The molecule has 0 aliphatic carbocycles. The first-order chi connectivity index (χ1) is 8.79. The highest BCUT2D eigenvalue weighted by Crippen LogP contribution is 2.24. The molecular formula is C13H13N3S2. The highest BCUT2D eigenvalue weighted by atomic mass is 32.2. The van der Waals surface area contributed by atoms with E-state index in [4.69, 9.17) is 12.2 Å². The summed E-state index contributed by atoms with van der Waals surface area (Å²) in [6.07, 6.45) is 5.50. The van der Waals surface area contributed by atoms with Crippen LogP contribution in [0.15, 0.2) is 53.7 Å². The SMILES string of the molecule is CSc1ccccc1NC(=S)Nc1cccnc1. The topological polar surface area (TPSA) is 37.0 Å². The van der Waals surface area contributed by atoms with E-state index in [0.29, 0.717) is 5.11 Å². The van der Waals surface area contributed by atoms with Crippen LogP contribution in [0.3, 0.4) is 0 Å². The van der Waals surface area contributed by atoms with Gasteiger partial charge in [-0.15, -0.1) is 11.8 Å². The molecular weight excluding hydrogens is 262 g/mol. The number of anilines is 2. The number of aromatic nitrogens is 1. The second-order valence-corrected chi connectivity index (χ2v) is 4.78. The van der Waals surface area contributed by atoms with E-state index in [9.17, 15) is 0 Å². The average Bonchev–Trinajstić information content (AvgIpc) is 2.40. The van der Waals surface area contributed by atoms with Crippen molar-refractivity contribution < 1.29 is 0 Å². The zero-order chi connectivity index (χ0) is 12.8. The molecule has 92 valence electrons. The molecule has 0 atom stereocenters. The summed E-state index contributed by atoms with van der Waals surface area (Å²) < 4.78 is 0. The molecule has 0 aliphatic heterocycles. The maximum atomic E-state index is 5.27. The molecule has 1 aromatic heterocycles. The van der Waals surface area contributed by atoms with Crippen molar-refractivity contribution in [1.82, 2.24) is 4.98 Å². The van der Waals surface area contributed by atoms with Crippen molar-refractivity contribution in [1.29, 1.82) is 0 Å². The Morgan fingerprint density at radius 1 is 1.17 bits per heavy atom. The highest BCUT2D eigenvalue weighted by molar-refractivity contribution is 7.98. The summed E-state index contributed by atoms with van der Waals surface area (Å²) in [7, 11) is 0. The van der Waals surface area contributed by atoms with Crippen molar-refractivity contribution in [2.75, 3.05) is 16.9 Å². The van der Waals surface area contributed by atoms with E-state index in [0.717, 1.165) is 16.3 Å². The quantitative estimate of drug-likeness (QED) is 0.661. The standard InChI is InChI=1S/C13H13N3S2/c1-18-12-7-3-2-6-11(12)16-13(17)15-10-5-4-8-14-9-10/h2-9H,1H3,(H2,15,16,17). The van der Waals surface area contributed by atoms with Crippen LogP contribution in [-0.2, 0) is 0 Å². The average molecular weight is 275 g/mol. The fourth-order valence-electron chi connectivity index (χ4n) is 1.47. The number of thioether (sulfide) groups is 1. The van der Waals surface area contributed by atoms with E-state index in [1.54, 1.807) is 24.2 Å². The van der Waals surface area contributed by atoms with Crippen LogP contribution >= 0.6 is 24.0 Å². The Morgan fingerprint density at radius 3 is 2.72 bits per heavy atom. The third-order valence-electron chi connectivity index (χ3n) is 2.27. The van der Waals surface area contributed by atoms with Crippen molar-refractivity contribution in [3.05, 3.63) is 48.8 Å². The molecule has 3 nitrogen and oxygen atoms in total. The van der Waals surface area contributed by atoms with Crippen LogP contribution in [0.5, 0.6) is 0 Å². The molecule has 2 aromatic rings. The Morgan fingerprint density at radius 2 is 2.00 bits per heavy atom. The Labute approximate surface area is 116 Å². The maximum Gasteiger partial charge on any atom is 0.175 e. The van der Waals surface area contributed by atoms with Gasteiger partial charge in [0.1, 0.15) is 0 Å². The molecule has 0 bridgehead atoms. The predicted octanol–water partition coefficient (Wildman–Crippen LogP) is 3.61. The van der Waals surface area contributed by atoms with Gasteiger partial charge in [0.2, 0.25) is 0 Å². The molecule has 0 saturated carbocycles. The second-order valence-electron chi connectivity index (χ2n) is 3.52. The Bertz CT molecular complexity index is 529. The lowest BCUT2D eigenvalue weighted by atomic mass is 10.3. The molecule has 0 amide bonds. The van der Waals surface area contributed by atoms with Crippen molar-refractivity contribution in [3.63, 3.8) is 0 Å². The number of thiocarbonyl (C=S) groups is 1. The van der Waals surface area contributed by atoms with Crippen LogP contribution in [-0.4, -0.2) is 16.4 Å². The smallest absolute Gasteiger partial charge is 0.175 e. The minimum Gasteiger partial charge on any atom is -0.332 e. The number of rotatable bonds is 3. The van der Waals surface area contributed by atoms with Gasteiger partial charge >= 0.3 is 0 Å². The van der Waals surface area contributed by atoms with Crippen molar-refractivity contribution in [2.24, 2.45) is 0 Å². The van der Waals surface area contributed by atoms with Crippen molar-refractivity contribution in [3.8, 4) is 0 Å². The molecule has 0 radical (unpaired) electrons. The van der Waals surface area contributed by atoms with Gasteiger partial charge in [0, 0.05) is 11.1 Å². The number of para-hydroxylation sites is 1. The molecule has 0 spiro atoms. The molecule has 2 rings (SSSR count). The van der Waals surface area contributed by atoms with Crippen LogP contribution in [0.25, 0.3) is 0 Å². The van der Waals surface area contributed by atoms with Gasteiger partial charge in [0.15, 0.2) is 5.11 Å². The van der Waals surface area contributed by atoms with Gasteiger partial charge in [-0.25, -0.2) is 0 Å². The second kappa shape index (κ2) is 6.37. The van der Waals surface area contributed by atoms with E-state index in [1.807, 2.05) is 36.6 Å². The molecule has 0 fully saturated rings. The van der Waals surface area contributed by atoms with Gasteiger partial charge in [-0.2, -0.15) is 0 Å². The number of nitrogens with zero attached hydrogens (tertiary/aromatic N) is 1. The first-order valence-corrected chi connectivity index (χ1v) is 7.04. The lowest BCUT2D eigenvalue weighted by molar-refractivity contribution is 1.33. The predicted molar refractivity (Wildman–Crippen MR) is 82.3 cm³/mol. The fourth-order valence-corrected chi connectivity index (χ4v) is 2.25. The van der Waals surface area contributed by atoms with Crippen LogP contribution in [0, 0.1) is 0 Å². The highest BCUT2D eigenvalue weighted by Gasteiger charge is 2.02. The molecule has 0 aliphatic rings. The molecule has 2 N–H and O–H groups in total. The van der Waals surface area contributed by atoms with E-state index in [1.165, 1.54) is 0 Å². The first-order valence-electron chi connectivity index (χ1n) is 5.40. The third-order valence-corrected chi connectivity index (χ3v) is 3.27. The Balaban J connectivity index is 2.03. The summed E-state index contributed by atoms with van der Waals surface area (Å²) in [6.45, 7) is 0. The molecule has 0 unspecified atom stereocenters. The summed E-state index contributed by atoms with van der Waals surface area (Å²) in [5, 5.41) is 6.83. The van der Waals surface area contributed by atoms with Gasteiger partial charge in [-0.05, 0) is 42.7 Å². The lowest BCUT2D eigenvalue weighted by Crippen LogP contribution is -2.19. The minimum absolute atomic E-state index is 0.560. The van der Waals surface area contributed by atoms with Gasteiger partial charge in [0.05, 0.1) is 17.6 Å². The summed E-state index contributed by atoms with van der Waals surface area (Å²) in [6, 6.07) is 11.8. The summed E-state index contributed by atoms with van der Waals surface area (Å²) in [5.74, 6) is 0. The Kier molecular flexibility index (Phi) is 4.55. The Hall–Kier alpha value is -1.59. The molecule has 18 heavy (non-hydrogen) atoms. The van der Waals surface area contributed by atoms with Crippen LogP contribution in [0.4, 0.5) is 11.4 Å². The van der Waals surface area contributed by atoms with Crippen LogP contribution in [0.2, 0.25) is 0 Å². The zero-order valence-electron chi connectivity index (χ0n) is 9.88. The van der Waals surface area contributed by atoms with Gasteiger partial charge < -0.3 is 10.6 Å². The summed E-state index contributed by atoms with van der Waals surface area (Å²) in [5.41, 5.74) is 1.88. The monoisotopic (exact) mass is 275 g/mol. The molecule has 5 heteroatoms. The number of nitrogens with one attached hydrogen (secondary N) is 2. The molecule has 1 heterocycles. The minimum atomic E-state index is 0.560. The first kappa shape index (κ1) is 12.9. The van der Waals surface area contributed by atoms with E-state index in [2.05, 4.69) is 21.7 Å². The third kappa shape index (κ3) is 3.45. The van der Waals surface area contributed by atoms with Crippen LogP contribution < -0.4 is 10.6 Å². The number of pyridine rings is 1. The number of hydrogen-bond donors (Lipinski definition) is 2. The van der Waals surface area contributed by atoms with Crippen molar-refractivity contribution in [2.45, 2.75) is 4.90 Å². The largest absolute Gasteiger partial charge is 0.332 e. The molecule has 0 saturated heterocycles. The lowest BCUT2D eigenvalue weighted by Gasteiger charge is -2.12. The fraction of sp³-hybridized carbons (Fsp3) is 0.0769. The summed E-state index contributed by atoms with van der Waals surface area (Å²) >= 11 is 6.95. The van der Waals surface area contributed by atoms with E-state index < -0.39 is 0 Å². The summed E-state index contributed by atoms with van der Waals surface area (Å²) in [4.78, 5) is 5.18. The number of hydrogen-bond acceptors (Lipinski definition) is 3. The number of benzene rings is 1.